The second-order valence-electron chi connectivity index (χ2n) is 3.05. The van der Waals surface area contributed by atoms with Crippen molar-refractivity contribution in [3.8, 4) is 0 Å². The van der Waals surface area contributed by atoms with Crippen LogP contribution in [-0.2, 0) is 0 Å². The highest BCUT2D eigenvalue weighted by Crippen LogP contribution is 2.21. The summed E-state index contributed by atoms with van der Waals surface area (Å²) in [4.78, 5) is 35.2. The molecule has 5 nitrogen and oxygen atoms in total. The van der Waals surface area contributed by atoms with Gasteiger partial charge >= 0.3 is 6.03 Å². The van der Waals surface area contributed by atoms with E-state index in [1.54, 1.807) is 12.1 Å². The molecule has 0 spiro atoms. The molecule has 1 aromatic rings. The van der Waals surface area contributed by atoms with E-state index in [0.29, 0.717) is 4.90 Å². The molecule has 4 amide bonds. The maximum atomic E-state index is 11.7. The van der Waals surface area contributed by atoms with E-state index in [1.165, 1.54) is 19.2 Å². The maximum absolute atomic E-state index is 11.7. The van der Waals surface area contributed by atoms with Gasteiger partial charge < -0.3 is 5.32 Å². The van der Waals surface area contributed by atoms with Gasteiger partial charge in [-0.2, -0.15) is 4.90 Å². The summed E-state index contributed by atoms with van der Waals surface area (Å²) in [5.74, 6) is -1.15. The normalized spacial score (nSPS) is 14.1. The number of nitrogens with one attached hydrogen (secondary N) is 1. The fourth-order valence-electron chi connectivity index (χ4n) is 1.49. The van der Waals surface area contributed by atoms with Gasteiger partial charge in [0.15, 0.2) is 0 Å². The number of carbonyl (C=O) groups is 3. The molecule has 0 saturated heterocycles. The second-order valence-corrected chi connectivity index (χ2v) is 3.05. The van der Waals surface area contributed by atoms with Gasteiger partial charge in [-0.05, 0) is 12.1 Å². The van der Waals surface area contributed by atoms with Crippen LogP contribution in [0, 0.1) is 0 Å². The first-order valence-electron chi connectivity index (χ1n) is 4.36. The third-order valence-corrected chi connectivity index (χ3v) is 2.21. The molecule has 1 N–H and O–H groups in total. The average molecular weight is 204 g/mol. The van der Waals surface area contributed by atoms with Crippen molar-refractivity contribution in [1.82, 2.24) is 10.2 Å². The van der Waals surface area contributed by atoms with Crippen molar-refractivity contribution in [3.05, 3.63) is 35.4 Å². The molecule has 0 fully saturated rings. The number of imide groups is 3. The Bertz CT molecular complexity index is 432. The minimum Gasteiger partial charge on any atom is -0.340 e. The Morgan fingerprint density at radius 1 is 1.13 bits per heavy atom. The molecular weight excluding hydrogens is 196 g/mol. The van der Waals surface area contributed by atoms with E-state index in [4.69, 9.17) is 0 Å². The van der Waals surface area contributed by atoms with Crippen LogP contribution in [0.3, 0.4) is 0 Å². The van der Waals surface area contributed by atoms with Crippen molar-refractivity contribution in [2.24, 2.45) is 0 Å². The number of hydrogen-bond acceptors (Lipinski definition) is 3. The lowest BCUT2D eigenvalue weighted by Gasteiger charge is -2.09. The monoisotopic (exact) mass is 204 g/mol. The Morgan fingerprint density at radius 3 is 2.00 bits per heavy atom. The quantitative estimate of drug-likeness (QED) is 0.630. The molecule has 0 aromatic heterocycles. The third-order valence-electron chi connectivity index (χ3n) is 2.21. The number of urea groups is 1. The van der Waals surface area contributed by atoms with E-state index in [-0.39, 0.29) is 11.1 Å². The molecule has 1 aliphatic heterocycles. The first-order chi connectivity index (χ1) is 7.16. The van der Waals surface area contributed by atoms with E-state index in [0.717, 1.165) is 0 Å². The SMILES string of the molecule is CNC(=O)N1C(=O)c2ccccc2C1=O. The van der Waals surface area contributed by atoms with Gasteiger partial charge in [0.25, 0.3) is 11.8 Å². The van der Waals surface area contributed by atoms with Crippen molar-refractivity contribution in [1.29, 1.82) is 0 Å². The predicted octanol–water partition coefficient (Wildman–Crippen LogP) is 0.622. The van der Waals surface area contributed by atoms with Crippen molar-refractivity contribution in [2.45, 2.75) is 0 Å². The highest BCUT2D eigenvalue weighted by atomic mass is 16.2. The van der Waals surface area contributed by atoms with Crippen LogP contribution in [0.1, 0.15) is 20.7 Å². The van der Waals surface area contributed by atoms with Crippen LogP contribution in [0.15, 0.2) is 24.3 Å². The van der Waals surface area contributed by atoms with Gasteiger partial charge in [-0.15, -0.1) is 0 Å². The molecule has 15 heavy (non-hydrogen) atoms. The van der Waals surface area contributed by atoms with Crippen LogP contribution in [0.4, 0.5) is 4.79 Å². The molecular formula is C10H8N2O3. The van der Waals surface area contributed by atoms with Crippen LogP contribution in [-0.4, -0.2) is 29.8 Å². The molecule has 0 aliphatic carbocycles. The molecule has 0 bridgehead atoms. The summed E-state index contributed by atoms with van der Waals surface area (Å²) in [6.45, 7) is 0. The van der Waals surface area contributed by atoms with Crippen LogP contribution in [0.5, 0.6) is 0 Å². The first-order valence-corrected chi connectivity index (χ1v) is 4.36. The fourth-order valence-corrected chi connectivity index (χ4v) is 1.49. The van der Waals surface area contributed by atoms with Gasteiger partial charge in [-0.3, -0.25) is 9.59 Å². The summed E-state index contributed by atoms with van der Waals surface area (Å²) < 4.78 is 0. The molecule has 0 atom stereocenters. The molecule has 76 valence electrons. The zero-order valence-electron chi connectivity index (χ0n) is 7.98. The lowest BCUT2D eigenvalue weighted by molar-refractivity contribution is 0.0704. The van der Waals surface area contributed by atoms with Gasteiger partial charge in [0.1, 0.15) is 0 Å². The standard InChI is InChI=1S/C10H8N2O3/c1-11-10(15)12-8(13)6-4-2-3-5-7(6)9(12)14/h2-5H,1H3,(H,11,15). The summed E-state index contributed by atoms with van der Waals surface area (Å²) in [7, 11) is 1.37. The molecule has 5 heteroatoms. The smallest absolute Gasteiger partial charge is 0.331 e. The molecule has 0 radical (unpaired) electrons. The Balaban J connectivity index is 2.50. The number of carbonyl (C=O) groups excluding carboxylic acids is 3. The van der Waals surface area contributed by atoms with Gasteiger partial charge in [-0.1, -0.05) is 12.1 Å². The molecule has 1 heterocycles. The summed E-state index contributed by atoms with van der Waals surface area (Å²) >= 11 is 0. The van der Waals surface area contributed by atoms with Crippen molar-refractivity contribution >= 4 is 17.8 Å². The minimum atomic E-state index is -0.707. The second kappa shape index (κ2) is 3.20. The Kier molecular flexibility index (Phi) is 2.00. The number of hydrogen-bond donors (Lipinski definition) is 1. The Morgan fingerprint density at radius 2 is 1.60 bits per heavy atom. The minimum absolute atomic E-state index is 0.270. The Hall–Kier alpha value is -2.17. The highest BCUT2D eigenvalue weighted by molar-refractivity contribution is 6.28. The van der Waals surface area contributed by atoms with E-state index in [2.05, 4.69) is 5.32 Å². The van der Waals surface area contributed by atoms with Crippen molar-refractivity contribution in [2.75, 3.05) is 7.05 Å². The Labute approximate surface area is 85.7 Å². The van der Waals surface area contributed by atoms with E-state index >= 15 is 0 Å². The maximum Gasteiger partial charge on any atom is 0.331 e. The number of amides is 4. The summed E-state index contributed by atoms with van der Waals surface area (Å²) in [5, 5.41) is 2.25. The lowest BCUT2D eigenvalue weighted by atomic mass is 10.1. The molecule has 0 saturated carbocycles. The topological polar surface area (TPSA) is 66.5 Å². The predicted molar refractivity (Wildman–Crippen MR) is 51.4 cm³/mol. The molecule has 1 aliphatic rings. The molecule has 1 aromatic carbocycles. The van der Waals surface area contributed by atoms with Gasteiger partial charge in [0.2, 0.25) is 0 Å². The van der Waals surface area contributed by atoms with Crippen LogP contribution < -0.4 is 5.32 Å². The number of nitrogens with zero attached hydrogens (tertiary/aromatic N) is 1. The summed E-state index contributed by atoms with van der Waals surface area (Å²) in [6, 6.07) is 5.65. The third kappa shape index (κ3) is 1.20. The summed E-state index contributed by atoms with van der Waals surface area (Å²) in [5.41, 5.74) is 0.539. The molecule has 2 rings (SSSR count). The van der Waals surface area contributed by atoms with Gasteiger partial charge in [0, 0.05) is 7.05 Å². The number of benzene rings is 1. The van der Waals surface area contributed by atoms with Gasteiger partial charge in [0.05, 0.1) is 11.1 Å². The first kappa shape index (κ1) is 9.39. The van der Waals surface area contributed by atoms with E-state index in [9.17, 15) is 14.4 Å². The molecule has 0 unspecified atom stereocenters. The number of fused-ring (bicyclic) bond motifs is 1. The van der Waals surface area contributed by atoms with Crippen LogP contribution in [0.25, 0.3) is 0 Å². The van der Waals surface area contributed by atoms with Crippen molar-refractivity contribution < 1.29 is 14.4 Å². The fraction of sp³-hybridized carbons (Fsp3) is 0.100. The van der Waals surface area contributed by atoms with E-state index in [1.807, 2.05) is 0 Å². The average Bonchev–Trinajstić information content (AvgIpc) is 2.52. The van der Waals surface area contributed by atoms with Crippen molar-refractivity contribution in [3.63, 3.8) is 0 Å². The van der Waals surface area contributed by atoms with Crippen LogP contribution >= 0.6 is 0 Å². The largest absolute Gasteiger partial charge is 0.340 e. The van der Waals surface area contributed by atoms with Crippen LogP contribution in [0.2, 0.25) is 0 Å². The van der Waals surface area contributed by atoms with Gasteiger partial charge in [-0.25, -0.2) is 4.79 Å². The zero-order valence-corrected chi connectivity index (χ0v) is 7.98. The summed E-state index contributed by atoms with van der Waals surface area (Å²) in [6.07, 6.45) is 0. The number of rotatable bonds is 0. The lowest BCUT2D eigenvalue weighted by Crippen LogP contribution is -2.41. The van der Waals surface area contributed by atoms with E-state index < -0.39 is 17.8 Å². The zero-order chi connectivity index (χ0) is 11.0. The highest BCUT2D eigenvalue weighted by Gasteiger charge is 2.39.